The molecule has 1 heterocycles. The number of imidazole rings is 1. The van der Waals surface area contributed by atoms with Crippen LogP contribution in [0.1, 0.15) is 19.3 Å². The third-order valence-corrected chi connectivity index (χ3v) is 2.84. The zero-order chi connectivity index (χ0) is 12.3. The number of aliphatic hydroxyl groups excluding tert-OH is 1. The van der Waals surface area contributed by atoms with Crippen LogP contribution in [0.5, 0.6) is 0 Å². The average Bonchev–Trinajstić information content (AvgIpc) is 2.61. The topological polar surface area (TPSA) is 84.0 Å². The number of H-pyrrole nitrogens is 1. The van der Waals surface area contributed by atoms with Crippen LogP contribution in [0.25, 0.3) is 11.0 Å². The lowest BCUT2D eigenvalue weighted by atomic mass is 10.2. The number of fused-ring (bicyclic) bond motifs is 1. The third kappa shape index (κ3) is 2.50. The SMILES string of the molecule is Nc1ccc2[nH]c(=O)n(CCCCCO)c2c1. The summed E-state index contributed by atoms with van der Waals surface area (Å²) >= 11 is 0. The molecule has 0 unspecified atom stereocenters. The summed E-state index contributed by atoms with van der Waals surface area (Å²) in [5, 5.41) is 8.69. The van der Waals surface area contributed by atoms with Crippen molar-refractivity contribution in [2.24, 2.45) is 0 Å². The van der Waals surface area contributed by atoms with Crippen LogP contribution in [0.15, 0.2) is 23.0 Å². The van der Waals surface area contributed by atoms with Crippen molar-refractivity contribution in [1.29, 1.82) is 0 Å². The van der Waals surface area contributed by atoms with E-state index < -0.39 is 0 Å². The second-order valence-corrected chi connectivity index (χ2v) is 4.14. The minimum absolute atomic E-state index is 0.102. The number of benzene rings is 1. The summed E-state index contributed by atoms with van der Waals surface area (Å²) in [5.74, 6) is 0. The molecule has 1 aromatic carbocycles. The van der Waals surface area contributed by atoms with Crippen LogP contribution >= 0.6 is 0 Å². The van der Waals surface area contributed by atoms with E-state index in [0.717, 1.165) is 30.3 Å². The van der Waals surface area contributed by atoms with Gasteiger partial charge >= 0.3 is 5.69 Å². The number of aliphatic hydroxyl groups is 1. The summed E-state index contributed by atoms with van der Waals surface area (Å²) in [6.07, 6.45) is 2.57. The van der Waals surface area contributed by atoms with Crippen LogP contribution in [0.4, 0.5) is 5.69 Å². The average molecular weight is 235 g/mol. The number of aryl methyl sites for hydroxylation is 1. The Morgan fingerprint density at radius 2 is 2.12 bits per heavy atom. The molecule has 1 aromatic heterocycles. The molecule has 0 radical (unpaired) electrons. The molecule has 0 saturated heterocycles. The van der Waals surface area contributed by atoms with Gasteiger partial charge in [-0.25, -0.2) is 4.79 Å². The first-order valence-electron chi connectivity index (χ1n) is 5.81. The number of nitrogens with one attached hydrogen (secondary N) is 1. The second-order valence-electron chi connectivity index (χ2n) is 4.14. The minimum atomic E-state index is -0.102. The Kier molecular flexibility index (Phi) is 3.49. The quantitative estimate of drug-likeness (QED) is 0.535. The second kappa shape index (κ2) is 5.05. The minimum Gasteiger partial charge on any atom is -0.399 e. The van der Waals surface area contributed by atoms with Gasteiger partial charge < -0.3 is 15.8 Å². The highest BCUT2D eigenvalue weighted by Gasteiger charge is 2.06. The van der Waals surface area contributed by atoms with Crippen molar-refractivity contribution < 1.29 is 5.11 Å². The van der Waals surface area contributed by atoms with Gasteiger partial charge in [-0.2, -0.15) is 0 Å². The molecule has 5 nitrogen and oxygen atoms in total. The van der Waals surface area contributed by atoms with Crippen LogP contribution in [0.3, 0.4) is 0 Å². The number of hydrogen-bond acceptors (Lipinski definition) is 3. The predicted octanol–water partition coefficient (Wildman–Crippen LogP) is 1.07. The molecule has 0 aliphatic carbocycles. The molecule has 0 saturated carbocycles. The maximum atomic E-state index is 11.7. The molecule has 0 spiro atoms. The van der Waals surface area contributed by atoms with Crippen LogP contribution < -0.4 is 11.4 Å². The Hall–Kier alpha value is -1.75. The van der Waals surface area contributed by atoms with E-state index in [4.69, 9.17) is 10.8 Å². The van der Waals surface area contributed by atoms with Gasteiger partial charge in [0.15, 0.2) is 0 Å². The van der Waals surface area contributed by atoms with Gasteiger partial charge in [0.05, 0.1) is 11.0 Å². The predicted molar refractivity (Wildman–Crippen MR) is 67.9 cm³/mol. The van der Waals surface area contributed by atoms with Crippen molar-refractivity contribution in [3.05, 3.63) is 28.7 Å². The molecule has 0 bridgehead atoms. The maximum absolute atomic E-state index is 11.7. The fourth-order valence-electron chi connectivity index (χ4n) is 1.95. The summed E-state index contributed by atoms with van der Waals surface area (Å²) < 4.78 is 1.70. The molecule has 5 heteroatoms. The molecule has 0 atom stereocenters. The smallest absolute Gasteiger partial charge is 0.326 e. The van der Waals surface area contributed by atoms with Crippen LogP contribution in [-0.2, 0) is 6.54 Å². The first-order chi connectivity index (χ1) is 8.22. The van der Waals surface area contributed by atoms with Gasteiger partial charge in [-0.15, -0.1) is 0 Å². The van der Waals surface area contributed by atoms with Crippen molar-refractivity contribution in [1.82, 2.24) is 9.55 Å². The van der Waals surface area contributed by atoms with Crippen LogP contribution in [0.2, 0.25) is 0 Å². The van der Waals surface area contributed by atoms with Crippen molar-refractivity contribution >= 4 is 16.7 Å². The molecule has 2 aromatic rings. The van der Waals surface area contributed by atoms with E-state index in [0.29, 0.717) is 12.2 Å². The zero-order valence-corrected chi connectivity index (χ0v) is 9.65. The van der Waals surface area contributed by atoms with E-state index in [1.807, 2.05) is 6.07 Å². The molecule has 0 aliphatic rings. The van der Waals surface area contributed by atoms with E-state index in [1.165, 1.54) is 0 Å². The summed E-state index contributed by atoms with van der Waals surface area (Å²) in [6, 6.07) is 5.39. The molecule has 0 aliphatic heterocycles. The van der Waals surface area contributed by atoms with Gasteiger partial charge in [-0.05, 0) is 37.5 Å². The Balaban J connectivity index is 2.23. The van der Waals surface area contributed by atoms with Gasteiger partial charge in [0, 0.05) is 18.8 Å². The number of anilines is 1. The summed E-state index contributed by atoms with van der Waals surface area (Å²) in [4.78, 5) is 14.5. The van der Waals surface area contributed by atoms with Gasteiger partial charge in [-0.3, -0.25) is 4.57 Å². The Bertz CT molecular complexity index is 556. The molecule has 0 fully saturated rings. The fraction of sp³-hybridized carbons (Fsp3) is 0.417. The van der Waals surface area contributed by atoms with E-state index >= 15 is 0 Å². The largest absolute Gasteiger partial charge is 0.399 e. The van der Waals surface area contributed by atoms with Crippen LogP contribution in [0, 0.1) is 0 Å². The van der Waals surface area contributed by atoms with Gasteiger partial charge in [0.25, 0.3) is 0 Å². The van der Waals surface area contributed by atoms with Crippen LogP contribution in [-0.4, -0.2) is 21.3 Å². The molecule has 17 heavy (non-hydrogen) atoms. The van der Waals surface area contributed by atoms with Gasteiger partial charge in [-0.1, -0.05) is 0 Å². The number of nitrogens with two attached hydrogens (primary N) is 1. The van der Waals surface area contributed by atoms with Gasteiger partial charge in [0.1, 0.15) is 0 Å². The van der Waals surface area contributed by atoms with E-state index in [-0.39, 0.29) is 12.3 Å². The molecule has 0 amide bonds. The maximum Gasteiger partial charge on any atom is 0.326 e. The van der Waals surface area contributed by atoms with Crippen molar-refractivity contribution in [3.63, 3.8) is 0 Å². The highest BCUT2D eigenvalue weighted by molar-refractivity contribution is 5.78. The number of aromatic amines is 1. The highest BCUT2D eigenvalue weighted by atomic mass is 16.2. The third-order valence-electron chi connectivity index (χ3n) is 2.84. The fourth-order valence-corrected chi connectivity index (χ4v) is 1.95. The number of nitrogen functional groups attached to an aromatic ring is 1. The monoisotopic (exact) mass is 235 g/mol. The molecule has 92 valence electrons. The standard InChI is InChI=1S/C12H17N3O2/c13-9-4-5-10-11(8-9)15(12(17)14-10)6-2-1-3-7-16/h4-5,8,16H,1-3,6-7,13H2,(H,14,17). The van der Waals surface area contributed by atoms with Crippen molar-refractivity contribution in [3.8, 4) is 0 Å². The first-order valence-corrected chi connectivity index (χ1v) is 5.81. The molecule has 2 rings (SSSR count). The Morgan fingerprint density at radius 3 is 2.88 bits per heavy atom. The van der Waals surface area contributed by atoms with E-state index in [9.17, 15) is 4.79 Å². The normalized spacial score (nSPS) is 11.1. The number of hydrogen-bond donors (Lipinski definition) is 3. The molecule has 4 N–H and O–H groups in total. The summed E-state index contributed by atoms with van der Waals surface area (Å²) in [6.45, 7) is 0.859. The number of aromatic nitrogens is 2. The number of rotatable bonds is 5. The van der Waals surface area contributed by atoms with E-state index in [1.54, 1.807) is 16.7 Å². The van der Waals surface area contributed by atoms with Crippen molar-refractivity contribution in [2.45, 2.75) is 25.8 Å². The lowest BCUT2D eigenvalue weighted by molar-refractivity contribution is 0.282. The summed E-state index contributed by atoms with van der Waals surface area (Å²) in [5.41, 5.74) is 7.92. The number of nitrogens with zero attached hydrogens (tertiary/aromatic N) is 1. The zero-order valence-electron chi connectivity index (χ0n) is 9.65. The van der Waals surface area contributed by atoms with Crippen molar-refractivity contribution in [2.75, 3.05) is 12.3 Å². The van der Waals surface area contributed by atoms with Gasteiger partial charge in [0.2, 0.25) is 0 Å². The molecular formula is C12H17N3O2. The van der Waals surface area contributed by atoms with E-state index in [2.05, 4.69) is 4.98 Å². The Labute approximate surface area is 98.9 Å². The lowest BCUT2D eigenvalue weighted by Crippen LogP contribution is -2.16. The summed E-state index contributed by atoms with van der Waals surface area (Å²) in [7, 11) is 0. The lowest BCUT2D eigenvalue weighted by Gasteiger charge is -2.03. The number of unbranched alkanes of at least 4 members (excludes halogenated alkanes) is 2. The highest BCUT2D eigenvalue weighted by Crippen LogP contribution is 2.14. The first kappa shape index (κ1) is 11.7. The Morgan fingerprint density at radius 1 is 1.29 bits per heavy atom. The molecular weight excluding hydrogens is 218 g/mol.